The number of hydrogen-bond acceptors (Lipinski definition) is 2. The summed E-state index contributed by atoms with van der Waals surface area (Å²) in [6.45, 7) is 4.84. The van der Waals surface area contributed by atoms with E-state index in [1.807, 2.05) is 74.1 Å². The van der Waals surface area contributed by atoms with Crippen LogP contribution >= 0.6 is 0 Å². The van der Waals surface area contributed by atoms with E-state index >= 15 is 0 Å². The number of rotatable bonds is 5. The van der Waals surface area contributed by atoms with Crippen LogP contribution in [0.5, 0.6) is 0 Å². The van der Waals surface area contributed by atoms with Crippen molar-refractivity contribution in [3.8, 4) is 0 Å². The van der Waals surface area contributed by atoms with E-state index in [9.17, 15) is 4.39 Å². The van der Waals surface area contributed by atoms with Crippen LogP contribution in [0.1, 0.15) is 12.5 Å². The number of benzene rings is 2. The van der Waals surface area contributed by atoms with Crippen LogP contribution in [0.3, 0.4) is 0 Å². The van der Waals surface area contributed by atoms with Gasteiger partial charge in [-0.2, -0.15) is 0 Å². The number of hydrogen-bond donors (Lipinski definition) is 0. The SMILES string of the molecule is CCN(C)/C=N/c1cc(F)c(N(C)c2ccccc2)cc1C. The molecule has 0 saturated heterocycles. The van der Waals surface area contributed by atoms with Gasteiger partial charge in [-0.1, -0.05) is 18.2 Å². The van der Waals surface area contributed by atoms with E-state index in [4.69, 9.17) is 0 Å². The van der Waals surface area contributed by atoms with Crippen LogP contribution in [0.4, 0.5) is 21.5 Å². The summed E-state index contributed by atoms with van der Waals surface area (Å²) in [7, 11) is 3.80. The first kappa shape index (κ1) is 16.0. The molecule has 0 unspecified atom stereocenters. The summed E-state index contributed by atoms with van der Waals surface area (Å²) in [6.07, 6.45) is 1.72. The summed E-state index contributed by atoms with van der Waals surface area (Å²) >= 11 is 0. The fourth-order valence-electron chi connectivity index (χ4n) is 2.08. The second-order valence-electron chi connectivity index (χ2n) is 5.30. The van der Waals surface area contributed by atoms with E-state index in [0.29, 0.717) is 11.4 Å². The van der Waals surface area contributed by atoms with Crippen molar-refractivity contribution in [1.82, 2.24) is 4.90 Å². The highest BCUT2D eigenvalue weighted by molar-refractivity contribution is 5.69. The molecule has 2 aromatic carbocycles. The van der Waals surface area contributed by atoms with Crippen LogP contribution in [-0.4, -0.2) is 31.9 Å². The first-order valence-corrected chi connectivity index (χ1v) is 7.36. The molecule has 0 aliphatic heterocycles. The van der Waals surface area contributed by atoms with Crippen molar-refractivity contribution in [2.45, 2.75) is 13.8 Å². The maximum Gasteiger partial charge on any atom is 0.148 e. The van der Waals surface area contributed by atoms with Crippen molar-refractivity contribution in [3.05, 3.63) is 53.8 Å². The van der Waals surface area contributed by atoms with Crippen LogP contribution in [0.25, 0.3) is 0 Å². The molecule has 2 rings (SSSR count). The van der Waals surface area contributed by atoms with E-state index in [-0.39, 0.29) is 5.82 Å². The van der Waals surface area contributed by atoms with Crippen molar-refractivity contribution in [1.29, 1.82) is 0 Å². The predicted molar refractivity (Wildman–Crippen MR) is 92.1 cm³/mol. The lowest BCUT2D eigenvalue weighted by Gasteiger charge is -2.21. The van der Waals surface area contributed by atoms with Gasteiger partial charge in [0.05, 0.1) is 17.7 Å². The molecule has 0 bridgehead atoms. The normalized spacial score (nSPS) is 11.0. The average molecular weight is 299 g/mol. The Morgan fingerprint density at radius 2 is 1.82 bits per heavy atom. The van der Waals surface area contributed by atoms with Crippen LogP contribution in [0.2, 0.25) is 0 Å². The van der Waals surface area contributed by atoms with Crippen LogP contribution in [-0.2, 0) is 0 Å². The number of aryl methyl sites for hydroxylation is 1. The molecule has 0 amide bonds. The minimum atomic E-state index is -0.275. The molecule has 0 saturated carbocycles. The van der Waals surface area contributed by atoms with Gasteiger partial charge in [0.1, 0.15) is 5.82 Å². The molecule has 0 heterocycles. The molecule has 4 heteroatoms. The summed E-state index contributed by atoms with van der Waals surface area (Å²) in [4.78, 5) is 8.14. The van der Waals surface area contributed by atoms with Crippen LogP contribution in [0, 0.1) is 12.7 Å². The maximum absolute atomic E-state index is 14.4. The third-order valence-corrected chi connectivity index (χ3v) is 3.66. The molecule has 0 spiro atoms. The lowest BCUT2D eigenvalue weighted by Crippen LogP contribution is -2.14. The van der Waals surface area contributed by atoms with Gasteiger partial charge in [0, 0.05) is 32.4 Å². The van der Waals surface area contributed by atoms with E-state index in [2.05, 4.69) is 4.99 Å². The monoisotopic (exact) mass is 299 g/mol. The van der Waals surface area contributed by atoms with Gasteiger partial charge in [0.2, 0.25) is 0 Å². The number of nitrogens with zero attached hydrogens (tertiary/aromatic N) is 3. The lowest BCUT2D eigenvalue weighted by molar-refractivity contribution is 0.552. The van der Waals surface area contributed by atoms with Gasteiger partial charge >= 0.3 is 0 Å². The summed E-state index contributed by atoms with van der Waals surface area (Å²) in [5.74, 6) is -0.275. The second kappa shape index (κ2) is 7.07. The molecule has 0 N–H and O–H groups in total. The molecular weight excluding hydrogens is 277 g/mol. The van der Waals surface area contributed by atoms with Crippen molar-refractivity contribution in [3.63, 3.8) is 0 Å². The van der Waals surface area contributed by atoms with Gasteiger partial charge in [-0.05, 0) is 37.6 Å². The zero-order valence-electron chi connectivity index (χ0n) is 13.5. The van der Waals surface area contributed by atoms with Crippen LogP contribution < -0.4 is 4.90 Å². The second-order valence-corrected chi connectivity index (χ2v) is 5.30. The van der Waals surface area contributed by atoms with Gasteiger partial charge in [-0.15, -0.1) is 0 Å². The first-order valence-electron chi connectivity index (χ1n) is 7.36. The molecule has 0 radical (unpaired) electrons. The zero-order valence-corrected chi connectivity index (χ0v) is 13.5. The molecule has 116 valence electrons. The van der Waals surface area contributed by atoms with Gasteiger partial charge in [0.25, 0.3) is 0 Å². The fourth-order valence-corrected chi connectivity index (χ4v) is 2.08. The van der Waals surface area contributed by atoms with E-state index in [1.54, 1.807) is 6.34 Å². The minimum absolute atomic E-state index is 0.275. The zero-order chi connectivity index (χ0) is 16.1. The Kier molecular flexibility index (Phi) is 5.15. The maximum atomic E-state index is 14.4. The lowest BCUT2D eigenvalue weighted by atomic mass is 10.1. The van der Waals surface area contributed by atoms with Crippen molar-refractivity contribution >= 4 is 23.4 Å². The van der Waals surface area contributed by atoms with E-state index in [1.165, 1.54) is 6.07 Å². The number of anilines is 2. The smallest absolute Gasteiger partial charge is 0.148 e. The topological polar surface area (TPSA) is 18.8 Å². The van der Waals surface area contributed by atoms with Gasteiger partial charge in [-0.25, -0.2) is 9.38 Å². The van der Waals surface area contributed by atoms with E-state index in [0.717, 1.165) is 17.8 Å². The predicted octanol–water partition coefficient (Wildman–Crippen LogP) is 4.51. The molecule has 0 aromatic heterocycles. The van der Waals surface area contributed by atoms with Gasteiger partial charge < -0.3 is 9.80 Å². The van der Waals surface area contributed by atoms with Gasteiger partial charge in [-0.3, -0.25) is 0 Å². The highest BCUT2D eigenvalue weighted by Crippen LogP contribution is 2.31. The average Bonchev–Trinajstić information content (AvgIpc) is 2.55. The Balaban J connectivity index is 2.32. The largest absolute Gasteiger partial charge is 0.366 e. The summed E-state index contributed by atoms with van der Waals surface area (Å²) in [5, 5.41) is 0. The quantitative estimate of drug-likeness (QED) is 0.597. The number of aliphatic imine (C=N–C) groups is 1. The standard InChI is InChI=1S/C18H22FN3/c1-5-21(3)13-20-17-12-16(19)18(11-14(17)2)22(4)15-9-7-6-8-10-15/h6-13H,5H2,1-4H3/b20-13+. The molecule has 3 nitrogen and oxygen atoms in total. The summed E-state index contributed by atoms with van der Waals surface area (Å²) in [6, 6.07) is 13.1. The third-order valence-electron chi connectivity index (χ3n) is 3.66. The first-order chi connectivity index (χ1) is 10.5. The van der Waals surface area contributed by atoms with Crippen LogP contribution in [0.15, 0.2) is 47.5 Å². The molecular formula is C18H22FN3. The third kappa shape index (κ3) is 3.64. The molecule has 0 fully saturated rings. The van der Waals surface area contributed by atoms with Crippen molar-refractivity contribution < 1.29 is 4.39 Å². The Labute approximate surface area is 131 Å². The van der Waals surface area contributed by atoms with Crippen molar-refractivity contribution in [2.24, 2.45) is 4.99 Å². The van der Waals surface area contributed by atoms with Crippen molar-refractivity contribution in [2.75, 3.05) is 25.5 Å². The van der Waals surface area contributed by atoms with E-state index < -0.39 is 0 Å². The number of para-hydroxylation sites is 1. The fraction of sp³-hybridized carbons (Fsp3) is 0.278. The summed E-state index contributed by atoms with van der Waals surface area (Å²) < 4.78 is 14.4. The molecule has 22 heavy (non-hydrogen) atoms. The summed E-state index contributed by atoms with van der Waals surface area (Å²) in [5.41, 5.74) is 3.09. The Morgan fingerprint density at radius 3 is 2.45 bits per heavy atom. The minimum Gasteiger partial charge on any atom is -0.366 e. The Bertz CT molecular complexity index is 653. The molecule has 0 aliphatic rings. The molecule has 0 atom stereocenters. The highest BCUT2D eigenvalue weighted by Gasteiger charge is 2.12. The van der Waals surface area contributed by atoms with Gasteiger partial charge in [0.15, 0.2) is 0 Å². The highest BCUT2D eigenvalue weighted by atomic mass is 19.1. The Morgan fingerprint density at radius 1 is 1.14 bits per heavy atom. The number of halogens is 1. The molecule has 2 aromatic rings. The Hall–Kier alpha value is -2.36. The molecule has 0 aliphatic carbocycles.